The lowest BCUT2D eigenvalue weighted by Gasteiger charge is -2.32. The van der Waals surface area contributed by atoms with Crippen LogP contribution in [-0.4, -0.2) is 66.1 Å². The van der Waals surface area contributed by atoms with Gasteiger partial charge in [-0.05, 0) is 60.1 Å². The van der Waals surface area contributed by atoms with Crippen molar-refractivity contribution in [3.8, 4) is 5.75 Å². The summed E-state index contributed by atoms with van der Waals surface area (Å²) in [5, 5.41) is 4.01. The van der Waals surface area contributed by atoms with Crippen molar-refractivity contribution in [2.75, 3.05) is 38.1 Å². The van der Waals surface area contributed by atoms with Gasteiger partial charge in [0.1, 0.15) is 11.9 Å². The van der Waals surface area contributed by atoms with Crippen LogP contribution in [0.3, 0.4) is 0 Å². The van der Waals surface area contributed by atoms with Gasteiger partial charge in [0.05, 0.1) is 11.9 Å². The molecule has 3 aromatic carbocycles. The van der Waals surface area contributed by atoms with Crippen molar-refractivity contribution in [1.82, 2.24) is 20.1 Å². The van der Waals surface area contributed by atoms with Gasteiger partial charge in [-0.25, -0.2) is 4.79 Å². The molecule has 0 aliphatic carbocycles. The maximum atomic E-state index is 13.0. The average Bonchev–Trinajstić information content (AvgIpc) is 3.44. The summed E-state index contributed by atoms with van der Waals surface area (Å²) < 4.78 is 6.37. The summed E-state index contributed by atoms with van der Waals surface area (Å²) in [6, 6.07) is 26.4. The molecule has 1 N–H and O–H groups in total. The van der Waals surface area contributed by atoms with Gasteiger partial charge in [-0.3, -0.25) is 19.6 Å². The Hall–Kier alpha value is -4.43. The Balaban J connectivity index is 0.976. The summed E-state index contributed by atoms with van der Waals surface area (Å²) in [5.41, 5.74) is 5.31. The molecule has 0 unspecified atom stereocenters. The average molecular weight is 564 g/mol. The number of nitrogens with one attached hydrogen (secondary N) is 1. The number of piperidine rings is 1. The van der Waals surface area contributed by atoms with E-state index in [-0.39, 0.29) is 18.0 Å². The summed E-state index contributed by atoms with van der Waals surface area (Å²) in [7, 11) is 2.13. The molecule has 42 heavy (non-hydrogen) atoms. The van der Waals surface area contributed by atoms with Crippen LogP contribution in [0, 0.1) is 0 Å². The van der Waals surface area contributed by atoms with E-state index in [9.17, 15) is 9.59 Å². The Morgan fingerprint density at radius 1 is 0.952 bits per heavy atom. The number of amides is 3. The molecule has 4 aromatic rings. The van der Waals surface area contributed by atoms with E-state index in [0.717, 1.165) is 48.4 Å². The van der Waals surface area contributed by atoms with Crippen LogP contribution >= 0.6 is 0 Å². The molecule has 2 saturated heterocycles. The summed E-state index contributed by atoms with van der Waals surface area (Å²) in [6.45, 7) is 4.36. The van der Waals surface area contributed by atoms with Gasteiger partial charge in [-0.1, -0.05) is 42.5 Å². The van der Waals surface area contributed by atoms with Crippen LogP contribution in [-0.2, 0) is 24.3 Å². The van der Waals surface area contributed by atoms with Gasteiger partial charge in [-0.15, -0.1) is 0 Å². The maximum Gasteiger partial charge on any atom is 0.321 e. The number of rotatable bonds is 9. The quantitative estimate of drug-likeness (QED) is 0.310. The van der Waals surface area contributed by atoms with Gasteiger partial charge in [0.15, 0.2) is 0 Å². The summed E-state index contributed by atoms with van der Waals surface area (Å²) in [5.74, 6) is 1.01. The Labute approximate surface area is 246 Å². The number of carbonyl (C=O) groups is 2. The molecule has 3 heterocycles. The van der Waals surface area contributed by atoms with Gasteiger partial charge in [-0.2, -0.15) is 0 Å². The van der Waals surface area contributed by atoms with Crippen LogP contribution in [0.2, 0.25) is 0 Å². The van der Waals surface area contributed by atoms with E-state index in [1.54, 1.807) is 4.90 Å². The number of ether oxygens (including phenoxy) is 1. The van der Waals surface area contributed by atoms with Crippen LogP contribution in [0.1, 0.15) is 29.5 Å². The zero-order chi connectivity index (χ0) is 28.9. The molecule has 2 aliphatic heterocycles. The topological polar surface area (TPSA) is 78.0 Å². The lowest BCUT2D eigenvalue weighted by Crippen LogP contribution is -2.42. The summed E-state index contributed by atoms with van der Waals surface area (Å²) in [6.07, 6.45) is 3.92. The van der Waals surface area contributed by atoms with E-state index in [2.05, 4.69) is 64.7 Å². The lowest BCUT2D eigenvalue weighted by molar-refractivity contribution is -0.132. The number of carbonyl (C=O) groups excluding carboxylic acids is 2. The molecule has 0 radical (unpaired) electrons. The first-order valence-corrected chi connectivity index (χ1v) is 14.7. The fourth-order valence-electron chi connectivity index (χ4n) is 5.89. The second-order valence-electron chi connectivity index (χ2n) is 11.2. The molecule has 0 bridgehead atoms. The summed E-state index contributed by atoms with van der Waals surface area (Å²) in [4.78, 5) is 35.3. The molecule has 2 aliphatic rings. The third-order valence-electron chi connectivity index (χ3n) is 8.08. The molecule has 216 valence electrons. The number of pyridine rings is 1. The third kappa shape index (κ3) is 6.55. The fourth-order valence-corrected chi connectivity index (χ4v) is 5.89. The number of anilines is 1. The highest BCUT2D eigenvalue weighted by atomic mass is 16.5. The minimum atomic E-state index is -0.0715. The van der Waals surface area contributed by atoms with Gasteiger partial charge in [0.25, 0.3) is 0 Å². The van der Waals surface area contributed by atoms with Crippen LogP contribution in [0.4, 0.5) is 10.5 Å². The molecule has 1 aromatic heterocycles. The van der Waals surface area contributed by atoms with E-state index in [4.69, 9.17) is 4.74 Å². The minimum absolute atomic E-state index is 0.0715. The molecule has 8 nitrogen and oxygen atoms in total. The Morgan fingerprint density at radius 3 is 2.55 bits per heavy atom. The monoisotopic (exact) mass is 563 g/mol. The molecule has 0 saturated carbocycles. The molecule has 2 fully saturated rings. The highest BCUT2D eigenvalue weighted by molar-refractivity contribution is 5.94. The third-order valence-corrected chi connectivity index (χ3v) is 8.08. The van der Waals surface area contributed by atoms with Crippen molar-refractivity contribution < 1.29 is 14.3 Å². The van der Waals surface area contributed by atoms with Crippen LogP contribution in [0.5, 0.6) is 5.75 Å². The Kier molecular flexibility index (Phi) is 8.33. The number of aromatic nitrogens is 1. The molecule has 0 spiro atoms. The first-order valence-electron chi connectivity index (χ1n) is 14.7. The molecule has 3 amide bonds. The van der Waals surface area contributed by atoms with Crippen molar-refractivity contribution in [3.63, 3.8) is 0 Å². The van der Waals surface area contributed by atoms with E-state index < -0.39 is 0 Å². The van der Waals surface area contributed by atoms with E-state index in [1.807, 2.05) is 47.5 Å². The Morgan fingerprint density at radius 2 is 1.76 bits per heavy atom. The molecule has 8 heteroatoms. The maximum absolute atomic E-state index is 13.0. The van der Waals surface area contributed by atoms with Crippen molar-refractivity contribution in [1.29, 1.82) is 0 Å². The number of benzene rings is 3. The minimum Gasteiger partial charge on any atom is -0.490 e. The standard InChI is InChI=1S/C34H37N5O3/c1-37(24-27-6-3-9-32-31(27)8-4-16-35-32)23-26-5-2-7-30(21-26)42-29-14-18-38(19-15-29)33(40)22-25-10-12-28(13-11-25)39-20-17-36-34(39)41/h2-13,16,21,29H,14-15,17-20,22-24H2,1H3,(H,36,41). The highest BCUT2D eigenvalue weighted by Crippen LogP contribution is 2.23. The predicted molar refractivity (Wildman–Crippen MR) is 164 cm³/mol. The molecule has 0 atom stereocenters. The van der Waals surface area contributed by atoms with Crippen LogP contribution in [0.25, 0.3) is 10.9 Å². The summed E-state index contributed by atoms with van der Waals surface area (Å²) >= 11 is 0. The Bertz CT molecular complexity index is 1540. The van der Waals surface area contributed by atoms with Crippen LogP contribution < -0.4 is 15.0 Å². The molecular weight excluding hydrogens is 526 g/mol. The highest BCUT2D eigenvalue weighted by Gasteiger charge is 2.25. The first kappa shape index (κ1) is 27.7. The lowest BCUT2D eigenvalue weighted by atomic mass is 10.1. The predicted octanol–water partition coefficient (Wildman–Crippen LogP) is 5.01. The van der Waals surface area contributed by atoms with Crippen molar-refractivity contribution in [2.45, 2.75) is 38.5 Å². The van der Waals surface area contributed by atoms with E-state index >= 15 is 0 Å². The zero-order valence-corrected chi connectivity index (χ0v) is 24.0. The number of fused-ring (bicyclic) bond motifs is 1. The molecule has 6 rings (SSSR count). The second kappa shape index (κ2) is 12.6. The van der Waals surface area contributed by atoms with Gasteiger partial charge in [0, 0.05) is 69.4 Å². The normalized spacial score (nSPS) is 15.8. The zero-order valence-electron chi connectivity index (χ0n) is 24.0. The van der Waals surface area contributed by atoms with Gasteiger partial charge in [0.2, 0.25) is 5.91 Å². The van der Waals surface area contributed by atoms with Crippen molar-refractivity contribution in [3.05, 3.63) is 102 Å². The number of nitrogens with zero attached hydrogens (tertiary/aromatic N) is 4. The SMILES string of the molecule is CN(Cc1cccc(OC2CCN(C(=O)Cc3ccc(N4CCNC4=O)cc3)CC2)c1)Cc1cccc2ncccc12. The van der Waals surface area contributed by atoms with Crippen molar-refractivity contribution >= 4 is 28.5 Å². The second-order valence-corrected chi connectivity index (χ2v) is 11.2. The fraction of sp³-hybridized carbons (Fsp3) is 0.324. The smallest absolute Gasteiger partial charge is 0.321 e. The van der Waals surface area contributed by atoms with Gasteiger partial charge >= 0.3 is 6.03 Å². The van der Waals surface area contributed by atoms with E-state index in [1.165, 1.54) is 16.5 Å². The largest absolute Gasteiger partial charge is 0.490 e. The number of hydrogen-bond acceptors (Lipinski definition) is 5. The number of urea groups is 1. The van der Waals surface area contributed by atoms with Crippen LogP contribution in [0.15, 0.2) is 85.1 Å². The first-order chi connectivity index (χ1) is 20.5. The van der Waals surface area contributed by atoms with Gasteiger partial charge < -0.3 is 15.0 Å². The van der Waals surface area contributed by atoms with E-state index in [0.29, 0.717) is 32.6 Å². The van der Waals surface area contributed by atoms with Crippen molar-refractivity contribution in [2.24, 2.45) is 0 Å². The molecular formula is C34H37N5O3. The number of hydrogen-bond donors (Lipinski definition) is 1. The number of likely N-dealkylation sites (tertiary alicyclic amines) is 1.